The highest BCUT2D eigenvalue weighted by Gasteiger charge is 2.60. The van der Waals surface area contributed by atoms with Crippen LogP contribution >= 0.6 is 0 Å². The monoisotopic (exact) mass is 798 g/mol. The number of aliphatic hydroxyl groups excluding tert-OH is 1. The van der Waals surface area contributed by atoms with Crippen LogP contribution in [0.3, 0.4) is 0 Å². The fraction of sp³-hybridized carbons (Fsp3) is 0.698. The molecule has 5 aliphatic heterocycles. The predicted molar refractivity (Wildman–Crippen MR) is 210 cm³/mol. The Hall–Kier alpha value is -3.21. The normalized spacial score (nSPS) is 44.8. The van der Waals surface area contributed by atoms with Crippen LogP contribution in [0.15, 0.2) is 64.4 Å². The van der Waals surface area contributed by atoms with Gasteiger partial charge in [0.1, 0.15) is 42.0 Å². The molecule has 1 amide bonds. The van der Waals surface area contributed by atoms with Crippen molar-refractivity contribution in [3.05, 3.63) is 59.3 Å². The molecule has 0 unspecified atom stereocenters. The van der Waals surface area contributed by atoms with Gasteiger partial charge in [0.25, 0.3) is 0 Å². The molecule has 14 nitrogen and oxygen atoms in total. The first-order chi connectivity index (χ1) is 27.1. The van der Waals surface area contributed by atoms with E-state index in [2.05, 4.69) is 48.2 Å². The average Bonchev–Trinajstić information content (AvgIpc) is 3.53. The molecule has 6 rings (SSSR count). The lowest BCUT2D eigenvalue weighted by molar-refractivity contribution is -0.300. The zero-order valence-corrected chi connectivity index (χ0v) is 34.7. The van der Waals surface area contributed by atoms with Gasteiger partial charge in [-0.25, -0.2) is 10.2 Å². The summed E-state index contributed by atoms with van der Waals surface area (Å²) < 4.78 is 49.6. The van der Waals surface area contributed by atoms with Crippen LogP contribution in [0.25, 0.3) is 0 Å². The Morgan fingerprint density at radius 2 is 1.86 bits per heavy atom. The second-order valence-corrected chi connectivity index (χ2v) is 16.6. The van der Waals surface area contributed by atoms with E-state index >= 15 is 0 Å². The van der Waals surface area contributed by atoms with E-state index in [0.29, 0.717) is 36.1 Å². The molecule has 0 radical (unpaired) electrons. The number of methoxy groups -OCH3 is 2. The molecule has 1 aliphatic carbocycles. The zero-order valence-electron chi connectivity index (χ0n) is 34.7. The molecule has 2 bridgehead atoms. The maximum Gasteiger partial charge on any atom is 0.427 e. The Labute approximate surface area is 336 Å². The van der Waals surface area contributed by atoms with Gasteiger partial charge in [-0.1, -0.05) is 70.6 Å². The molecule has 14 heteroatoms. The lowest BCUT2D eigenvalue weighted by Crippen LogP contribution is -2.58. The van der Waals surface area contributed by atoms with Crippen LogP contribution in [0.1, 0.15) is 80.6 Å². The van der Waals surface area contributed by atoms with E-state index in [0.717, 1.165) is 12.0 Å². The van der Waals surface area contributed by atoms with Gasteiger partial charge in [-0.15, -0.1) is 0 Å². The first-order valence-electron chi connectivity index (χ1n) is 20.4. The molecule has 0 aromatic heterocycles. The van der Waals surface area contributed by atoms with Gasteiger partial charge in [0.15, 0.2) is 12.1 Å². The van der Waals surface area contributed by atoms with Gasteiger partial charge < -0.3 is 48.1 Å². The fourth-order valence-corrected chi connectivity index (χ4v) is 9.07. The third-order valence-electron chi connectivity index (χ3n) is 12.6. The Balaban J connectivity index is 1.36. The summed E-state index contributed by atoms with van der Waals surface area (Å²) in [4.78, 5) is 26.0. The number of rotatable bonds is 6. The molecule has 0 aromatic rings. The summed E-state index contributed by atoms with van der Waals surface area (Å²) in [6.07, 6.45) is 9.69. The molecule has 57 heavy (non-hydrogen) atoms. The first-order valence-corrected chi connectivity index (χ1v) is 20.4. The van der Waals surface area contributed by atoms with Crippen LogP contribution in [0.4, 0.5) is 4.79 Å². The Bertz CT molecular complexity index is 1670. The van der Waals surface area contributed by atoms with Crippen molar-refractivity contribution < 1.29 is 57.7 Å². The number of aliphatic hydroxyl groups is 2. The lowest BCUT2D eigenvalue weighted by atomic mass is 9.71. The summed E-state index contributed by atoms with van der Waals surface area (Å²) in [5, 5.41) is 27.8. The highest BCUT2D eigenvalue weighted by molar-refractivity contribution is 5.93. The van der Waals surface area contributed by atoms with Crippen molar-refractivity contribution in [3.8, 4) is 0 Å². The number of allylic oxidation sites excluding steroid dienone is 2. The summed E-state index contributed by atoms with van der Waals surface area (Å²) >= 11 is 0. The topological polar surface area (TPSA) is 173 Å². The van der Waals surface area contributed by atoms with Crippen molar-refractivity contribution in [3.63, 3.8) is 0 Å². The second kappa shape index (κ2) is 18.0. The molecule has 3 fully saturated rings. The number of hydrogen-bond acceptors (Lipinski definition) is 13. The molecule has 3 saturated heterocycles. The van der Waals surface area contributed by atoms with Gasteiger partial charge >= 0.3 is 12.1 Å². The van der Waals surface area contributed by atoms with Gasteiger partial charge in [-0.2, -0.15) is 5.10 Å². The number of hydrogen-bond donors (Lipinski definition) is 3. The quantitative estimate of drug-likeness (QED) is 0.183. The minimum Gasteiger partial charge on any atom is -0.462 e. The third kappa shape index (κ3) is 9.03. The van der Waals surface area contributed by atoms with Crippen LogP contribution in [-0.2, 0) is 42.7 Å². The molecule has 0 aromatic carbocycles. The molecule has 316 valence electrons. The van der Waals surface area contributed by atoms with Gasteiger partial charge in [0.2, 0.25) is 0 Å². The number of carbonyl (C=O) groups is 2. The summed E-state index contributed by atoms with van der Waals surface area (Å²) in [6.45, 7) is 14.1. The zero-order chi connectivity index (χ0) is 41.2. The number of esters is 1. The highest BCUT2D eigenvalue weighted by atomic mass is 16.7. The summed E-state index contributed by atoms with van der Waals surface area (Å²) in [5.41, 5.74) is 2.95. The molecule has 0 saturated carbocycles. The maximum absolute atomic E-state index is 14.3. The van der Waals surface area contributed by atoms with E-state index in [1.807, 2.05) is 39.0 Å². The molecule has 5 heterocycles. The molecule has 1 spiro atoms. The van der Waals surface area contributed by atoms with Crippen LogP contribution in [0.5, 0.6) is 0 Å². The second-order valence-electron chi connectivity index (χ2n) is 16.6. The SMILES string of the molecule is CC[C@H](C)[C@H]1O[C@]2(C=C[C@@H]1C)C[C@@H]1C[C@@H](C/C=C(\C)[C@@H](O[C@H]3C[C@H](OC)/C(=N/NC(=O)OC)[C@H](C)O3)[C@@H](C)/C=C/C=C3\CO[C@@H]4[C@H](O)C(C)=C[C@@H](C(=O)O1)[C@]34O)O2. The molecule has 6 aliphatic rings. The Kier molecular flexibility index (Phi) is 13.7. The molecule has 15 atom stereocenters. The number of hydrazone groups is 1. The number of amides is 1. The highest BCUT2D eigenvalue weighted by Crippen LogP contribution is 2.47. The summed E-state index contributed by atoms with van der Waals surface area (Å²) in [7, 11) is 2.83. The number of fused-ring (bicyclic) bond motifs is 2. The number of carbonyl (C=O) groups excluding carboxylic acids is 2. The van der Waals surface area contributed by atoms with Crippen molar-refractivity contribution in [2.75, 3.05) is 20.8 Å². The Morgan fingerprint density at radius 1 is 1.09 bits per heavy atom. The van der Waals surface area contributed by atoms with Crippen LogP contribution in [0, 0.1) is 23.7 Å². The molecular weight excluding hydrogens is 736 g/mol. The van der Waals surface area contributed by atoms with E-state index in [1.165, 1.54) is 7.11 Å². The first kappa shape index (κ1) is 43.4. The van der Waals surface area contributed by atoms with Crippen LogP contribution in [-0.4, -0.2) is 115 Å². The van der Waals surface area contributed by atoms with Crippen LogP contribution in [0.2, 0.25) is 0 Å². The number of nitrogens with zero attached hydrogens (tertiary/aromatic N) is 1. The van der Waals surface area contributed by atoms with Crippen molar-refractivity contribution >= 4 is 17.8 Å². The van der Waals surface area contributed by atoms with Crippen molar-refractivity contribution in [1.29, 1.82) is 0 Å². The van der Waals surface area contributed by atoms with Gasteiger partial charge in [0, 0.05) is 38.2 Å². The minimum absolute atomic E-state index is 0.0257. The Morgan fingerprint density at radius 3 is 2.58 bits per heavy atom. The van der Waals surface area contributed by atoms with E-state index in [-0.39, 0.29) is 36.9 Å². The van der Waals surface area contributed by atoms with Crippen molar-refractivity contribution in [2.24, 2.45) is 28.8 Å². The van der Waals surface area contributed by atoms with Crippen molar-refractivity contribution in [1.82, 2.24) is 5.43 Å². The predicted octanol–water partition coefficient (Wildman–Crippen LogP) is 5.19. The summed E-state index contributed by atoms with van der Waals surface area (Å²) in [6, 6.07) is 0. The smallest absolute Gasteiger partial charge is 0.427 e. The fourth-order valence-electron chi connectivity index (χ4n) is 9.07. The van der Waals surface area contributed by atoms with Crippen LogP contribution < -0.4 is 5.43 Å². The van der Waals surface area contributed by atoms with E-state index in [1.54, 1.807) is 26.2 Å². The largest absolute Gasteiger partial charge is 0.462 e. The molecular formula is C43H62N2O12. The van der Waals surface area contributed by atoms with Crippen molar-refractivity contribution in [2.45, 2.75) is 147 Å². The number of nitrogens with one attached hydrogen (secondary N) is 1. The average molecular weight is 799 g/mol. The number of ether oxygens (including phenoxy) is 8. The van der Waals surface area contributed by atoms with E-state index in [9.17, 15) is 19.8 Å². The van der Waals surface area contributed by atoms with E-state index in [4.69, 9.17) is 33.2 Å². The molecule has 3 N–H and O–H groups in total. The maximum atomic E-state index is 14.3. The van der Waals surface area contributed by atoms with Gasteiger partial charge in [-0.3, -0.25) is 4.79 Å². The van der Waals surface area contributed by atoms with Gasteiger partial charge in [-0.05, 0) is 55.9 Å². The third-order valence-corrected chi connectivity index (χ3v) is 12.6. The van der Waals surface area contributed by atoms with Gasteiger partial charge in [0.05, 0.1) is 37.7 Å². The summed E-state index contributed by atoms with van der Waals surface area (Å²) in [5.74, 6) is -2.59. The van der Waals surface area contributed by atoms with E-state index < -0.39 is 78.4 Å². The minimum atomic E-state index is -1.84. The lowest BCUT2D eigenvalue weighted by Gasteiger charge is -2.48. The standard InChI is InChI=1S/C43H62N2O12/c1-10-23(2)38-26(5)16-17-42(57-38)21-31-19-30(56-42)15-14-25(4)37(55-34-20-33(50-8)35(28(7)53-34)44-45-41(48)51-9)24(3)12-11-13-29-22-52-39-36(46)27(6)18-32(40(47)54-31)43(29,39)49/h11-14,16-18,23-24,26,28,30-34,36-39,46,49H,10,15,19-22H2,1-9H3,(H,45,48)/b12-11+,25-14+,29-13+,44-35+/t23-,24-,26-,28-,30+,31-,32-,33-,34-,36+,37-,38+,39+,42+,43+/m0/s1.